The van der Waals surface area contributed by atoms with Gasteiger partial charge in [0, 0.05) is 38.5 Å². The van der Waals surface area contributed by atoms with E-state index in [9.17, 15) is 18.4 Å². The summed E-state index contributed by atoms with van der Waals surface area (Å²) in [5.74, 6) is -0.832. The lowest BCUT2D eigenvalue weighted by molar-refractivity contribution is 0.182. The molecule has 2 heterocycles. The Bertz CT molecular complexity index is 838. The number of piperidine rings is 1. The molecule has 1 N–H and O–H groups in total. The van der Waals surface area contributed by atoms with E-state index in [1.807, 2.05) is 0 Å². The fourth-order valence-corrected chi connectivity index (χ4v) is 3.27. The second-order valence-corrected chi connectivity index (χ2v) is 6.71. The van der Waals surface area contributed by atoms with Crippen LogP contribution < -0.4 is 10.9 Å². The number of nitrogens with one attached hydrogen (secondary N) is 1. The van der Waals surface area contributed by atoms with E-state index in [0.29, 0.717) is 30.8 Å². The number of aromatic nitrogens is 1. The Morgan fingerprint density at radius 2 is 1.81 bits per heavy atom. The van der Waals surface area contributed by atoms with Crippen molar-refractivity contribution in [3.8, 4) is 0 Å². The molecule has 3 rings (SSSR count). The van der Waals surface area contributed by atoms with Gasteiger partial charge in [-0.05, 0) is 48.9 Å². The summed E-state index contributed by atoms with van der Waals surface area (Å²) in [5, 5.41) is 2.79. The molecule has 1 fully saturated rings. The topological polar surface area (TPSA) is 54.3 Å². The van der Waals surface area contributed by atoms with Gasteiger partial charge >= 0.3 is 6.03 Å². The van der Waals surface area contributed by atoms with E-state index in [4.69, 9.17) is 0 Å². The van der Waals surface area contributed by atoms with Crippen molar-refractivity contribution in [3.05, 3.63) is 64.1 Å². The Kier molecular flexibility index (Phi) is 5.35. The zero-order valence-electron chi connectivity index (χ0n) is 14.5. The number of carbonyl (C=O) groups is 1. The highest BCUT2D eigenvalue weighted by atomic mass is 19.1. The Morgan fingerprint density at radius 1 is 1.15 bits per heavy atom. The third-order valence-corrected chi connectivity index (χ3v) is 4.69. The number of urea groups is 1. The van der Waals surface area contributed by atoms with Gasteiger partial charge in [-0.2, -0.15) is 0 Å². The third kappa shape index (κ3) is 4.47. The van der Waals surface area contributed by atoms with Gasteiger partial charge in [-0.15, -0.1) is 0 Å². The number of halogens is 2. The smallest absolute Gasteiger partial charge is 0.321 e. The maximum absolute atomic E-state index is 13.3. The minimum atomic E-state index is -0.561. The van der Waals surface area contributed by atoms with E-state index < -0.39 is 11.6 Å². The predicted octanol–water partition coefficient (Wildman–Crippen LogP) is 3.15. The number of benzene rings is 1. The second kappa shape index (κ2) is 7.68. The van der Waals surface area contributed by atoms with Crippen LogP contribution in [0, 0.1) is 17.6 Å². The SMILES string of the molecule is Cn1cc(NC(=O)N2CCC(Cc3cc(F)cc(F)c3)CC2)ccc1=O. The second-order valence-electron chi connectivity index (χ2n) is 6.71. The van der Waals surface area contributed by atoms with Crippen LogP contribution in [0.4, 0.5) is 19.3 Å². The molecule has 138 valence electrons. The Hall–Kier alpha value is -2.70. The molecule has 1 aliphatic rings. The van der Waals surface area contributed by atoms with Crippen molar-refractivity contribution in [1.82, 2.24) is 9.47 Å². The quantitative estimate of drug-likeness (QED) is 0.913. The molecule has 1 saturated heterocycles. The summed E-state index contributed by atoms with van der Waals surface area (Å²) in [6, 6.07) is 6.37. The third-order valence-electron chi connectivity index (χ3n) is 4.69. The van der Waals surface area contributed by atoms with Crippen LogP contribution in [-0.4, -0.2) is 28.6 Å². The molecule has 0 spiro atoms. The Morgan fingerprint density at radius 3 is 2.42 bits per heavy atom. The maximum atomic E-state index is 13.3. The summed E-state index contributed by atoms with van der Waals surface area (Å²) < 4.78 is 28.0. The van der Waals surface area contributed by atoms with Gasteiger partial charge in [-0.25, -0.2) is 13.6 Å². The van der Waals surface area contributed by atoms with Crippen LogP contribution in [0.5, 0.6) is 0 Å². The molecular formula is C19H21F2N3O2. The minimum absolute atomic E-state index is 0.141. The van der Waals surface area contributed by atoms with Crippen LogP contribution in [0.25, 0.3) is 0 Å². The maximum Gasteiger partial charge on any atom is 0.321 e. The van der Waals surface area contributed by atoms with Gasteiger partial charge < -0.3 is 14.8 Å². The summed E-state index contributed by atoms with van der Waals surface area (Å²) in [6.07, 6.45) is 3.73. The Labute approximate surface area is 150 Å². The number of carbonyl (C=O) groups excluding carboxylic acids is 1. The van der Waals surface area contributed by atoms with E-state index in [-0.39, 0.29) is 17.5 Å². The van der Waals surface area contributed by atoms with Crippen molar-refractivity contribution in [3.63, 3.8) is 0 Å². The van der Waals surface area contributed by atoms with E-state index in [0.717, 1.165) is 18.9 Å². The van der Waals surface area contributed by atoms with Gasteiger partial charge in [0.2, 0.25) is 5.56 Å². The molecule has 0 atom stereocenters. The fourth-order valence-electron chi connectivity index (χ4n) is 3.27. The summed E-state index contributed by atoms with van der Waals surface area (Å²) >= 11 is 0. The molecule has 0 bridgehead atoms. The van der Waals surface area contributed by atoms with E-state index in [1.54, 1.807) is 24.2 Å². The van der Waals surface area contributed by atoms with Crippen molar-refractivity contribution in [2.45, 2.75) is 19.3 Å². The molecule has 0 saturated carbocycles. The predicted molar refractivity (Wildman–Crippen MR) is 95.1 cm³/mol. The molecule has 0 radical (unpaired) electrons. The first-order chi connectivity index (χ1) is 12.4. The highest BCUT2D eigenvalue weighted by Crippen LogP contribution is 2.23. The number of rotatable bonds is 3. The number of aryl methyl sites for hydroxylation is 1. The van der Waals surface area contributed by atoms with Crippen LogP contribution in [0.1, 0.15) is 18.4 Å². The van der Waals surface area contributed by atoms with Gasteiger partial charge in [0.25, 0.3) is 0 Å². The van der Waals surface area contributed by atoms with Crippen LogP contribution in [0.2, 0.25) is 0 Å². The average molecular weight is 361 g/mol. The molecule has 7 heteroatoms. The van der Waals surface area contributed by atoms with Crippen molar-refractivity contribution in [2.24, 2.45) is 13.0 Å². The van der Waals surface area contributed by atoms with Crippen LogP contribution in [-0.2, 0) is 13.5 Å². The van der Waals surface area contributed by atoms with Crippen molar-refractivity contribution in [2.75, 3.05) is 18.4 Å². The molecule has 0 unspecified atom stereocenters. The van der Waals surface area contributed by atoms with E-state index >= 15 is 0 Å². The number of anilines is 1. The van der Waals surface area contributed by atoms with Gasteiger partial charge in [-0.3, -0.25) is 4.79 Å². The number of amides is 2. The molecule has 1 aliphatic heterocycles. The number of nitrogens with zero attached hydrogens (tertiary/aromatic N) is 2. The highest BCUT2D eigenvalue weighted by molar-refractivity contribution is 5.89. The first-order valence-electron chi connectivity index (χ1n) is 8.58. The summed E-state index contributed by atoms with van der Waals surface area (Å²) in [5.41, 5.74) is 1.07. The van der Waals surface area contributed by atoms with Crippen LogP contribution >= 0.6 is 0 Å². The number of hydrogen-bond acceptors (Lipinski definition) is 2. The average Bonchev–Trinajstić information content (AvgIpc) is 2.58. The lowest BCUT2D eigenvalue weighted by atomic mass is 9.90. The van der Waals surface area contributed by atoms with Crippen molar-refractivity contribution >= 4 is 11.7 Å². The van der Waals surface area contributed by atoms with Crippen LogP contribution in [0.15, 0.2) is 41.3 Å². The number of likely N-dealkylation sites (tertiary alicyclic amines) is 1. The molecule has 5 nitrogen and oxygen atoms in total. The molecule has 1 aromatic carbocycles. The lowest BCUT2D eigenvalue weighted by Crippen LogP contribution is -2.41. The molecule has 1 aromatic heterocycles. The van der Waals surface area contributed by atoms with Gasteiger partial charge in [0.1, 0.15) is 11.6 Å². The standard InChI is InChI=1S/C19H21F2N3O2/c1-23-12-17(2-3-18(23)25)22-19(26)24-6-4-13(5-7-24)8-14-9-15(20)11-16(21)10-14/h2-3,9-13H,4-8H2,1H3,(H,22,26). The zero-order chi connectivity index (χ0) is 18.7. The zero-order valence-corrected chi connectivity index (χ0v) is 14.5. The molecule has 2 aromatic rings. The first kappa shape index (κ1) is 18.1. The largest absolute Gasteiger partial charge is 0.325 e. The highest BCUT2D eigenvalue weighted by Gasteiger charge is 2.23. The van der Waals surface area contributed by atoms with Gasteiger partial charge in [-0.1, -0.05) is 0 Å². The van der Waals surface area contributed by atoms with Gasteiger partial charge in [0.05, 0.1) is 5.69 Å². The monoisotopic (exact) mass is 361 g/mol. The minimum Gasteiger partial charge on any atom is -0.325 e. The fraction of sp³-hybridized carbons (Fsp3) is 0.368. The lowest BCUT2D eigenvalue weighted by Gasteiger charge is -2.32. The number of pyridine rings is 1. The first-order valence-corrected chi connectivity index (χ1v) is 8.58. The van der Waals surface area contributed by atoms with Crippen LogP contribution in [0.3, 0.4) is 0 Å². The summed E-state index contributed by atoms with van der Waals surface area (Å²) in [7, 11) is 1.62. The van der Waals surface area contributed by atoms with Gasteiger partial charge in [0.15, 0.2) is 0 Å². The molecule has 2 amide bonds. The summed E-state index contributed by atoms with van der Waals surface area (Å²) in [4.78, 5) is 25.4. The number of hydrogen-bond donors (Lipinski definition) is 1. The molecule has 26 heavy (non-hydrogen) atoms. The molecular weight excluding hydrogens is 340 g/mol. The normalized spacial score (nSPS) is 15.1. The van der Waals surface area contributed by atoms with E-state index in [1.165, 1.54) is 22.8 Å². The van der Waals surface area contributed by atoms with Crippen molar-refractivity contribution in [1.29, 1.82) is 0 Å². The molecule has 0 aliphatic carbocycles. The van der Waals surface area contributed by atoms with E-state index in [2.05, 4.69) is 5.32 Å². The summed E-state index contributed by atoms with van der Waals surface area (Å²) in [6.45, 7) is 1.17. The van der Waals surface area contributed by atoms with Crippen molar-refractivity contribution < 1.29 is 13.6 Å². The Balaban J connectivity index is 1.53.